The van der Waals surface area contributed by atoms with Gasteiger partial charge in [-0.15, -0.1) is 0 Å². The summed E-state index contributed by atoms with van der Waals surface area (Å²) in [7, 11) is 0. The minimum absolute atomic E-state index is 0.0237. The third-order valence-electron chi connectivity index (χ3n) is 3.10. The van der Waals surface area contributed by atoms with E-state index in [0.29, 0.717) is 6.54 Å². The number of carboxylic acids is 1. The van der Waals surface area contributed by atoms with Crippen molar-refractivity contribution in [2.45, 2.75) is 26.4 Å². The van der Waals surface area contributed by atoms with Crippen molar-refractivity contribution >= 4 is 5.97 Å². The monoisotopic (exact) mass is 273 g/mol. The summed E-state index contributed by atoms with van der Waals surface area (Å²) >= 11 is 0. The molecule has 1 aromatic carbocycles. The Balaban J connectivity index is 2.10. The summed E-state index contributed by atoms with van der Waals surface area (Å²) in [5.74, 6) is -0.818. The van der Waals surface area contributed by atoms with Gasteiger partial charge in [-0.2, -0.15) is 5.10 Å². The minimum atomic E-state index is -0.818. The average Bonchev–Trinajstić information content (AvgIpc) is 2.87. The van der Waals surface area contributed by atoms with Crippen LogP contribution in [0.5, 0.6) is 0 Å². The quantitative estimate of drug-likeness (QED) is 0.876. The Morgan fingerprint density at radius 1 is 1.30 bits per heavy atom. The van der Waals surface area contributed by atoms with E-state index in [1.54, 1.807) is 4.68 Å². The molecule has 0 radical (unpaired) electrons. The Morgan fingerprint density at radius 3 is 2.60 bits per heavy atom. The molecule has 5 heteroatoms. The average molecular weight is 273 g/mol. The molecule has 0 amide bonds. The van der Waals surface area contributed by atoms with Crippen molar-refractivity contribution in [1.29, 1.82) is 0 Å². The Labute approximate surface area is 118 Å². The van der Waals surface area contributed by atoms with Gasteiger partial charge in [0.25, 0.3) is 0 Å². The molecule has 0 atom stereocenters. The van der Waals surface area contributed by atoms with Crippen molar-refractivity contribution in [3.63, 3.8) is 0 Å². The van der Waals surface area contributed by atoms with Gasteiger partial charge in [0.1, 0.15) is 0 Å². The van der Waals surface area contributed by atoms with Gasteiger partial charge in [0.15, 0.2) is 0 Å². The lowest BCUT2D eigenvalue weighted by Gasteiger charge is -2.23. The van der Waals surface area contributed by atoms with Crippen LogP contribution < -0.4 is 0 Å². The molecule has 2 aromatic rings. The van der Waals surface area contributed by atoms with Crippen molar-refractivity contribution in [3.05, 3.63) is 48.3 Å². The molecule has 0 aliphatic carbocycles. The third kappa shape index (κ3) is 3.68. The lowest BCUT2D eigenvalue weighted by atomic mass is 10.3. The smallest absolute Gasteiger partial charge is 0.317 e. The van der Waals surface area contributed by atoms with Gasteiger partial charge >= 0.3 is 5.97 Å². The number of aromatic nitrogens is 2. The molecule has 20 heavy (non-hydrogen) atoms. The molecule has 106 valence electrons. The van der Waals surface area contributed by atoms with Crippen molar-refractivity contribution in [1.82, 2.24) is 14.7 Å². The summed E-state index contributed by atoms with van der Waals surface area (Å²) in [5.41, 5.74) is 1.86. The van der Waals surface area contributed by atoms with Gasteiger partial charge in [0.2, 0.25) is 0 Å². The summed E-state index contributed by atoms with van der Waals surface area (Å²) in [5, 5.41) is 13.4. The molecule has 1 heterocycles. The molecule has 0 aliphatic heterocycles. The van der Waals surface area contributed by atoms with E-state index in [1.807, 2.05) is 61.3 Å². The molecule has 0 saturated carbocycles. The van der Waals surface area contributed by atoms with Gasteiger partial charge in [-0.1, -0.05) is 18.2 Å². The molecule has 0 bridgehead atoms. The maximum atomic E-state index is 10.9. The van der Waals surface area contributed by atoms with Gasteiger partial charge < -0.3 is 5.11 Å². The van der Waals surface area contributed by atoms with Crippen LogP contribution in [0.1, 0.15) is 19.5 Å². The topological polar surface area (TPSA) is 58.4 Å². The predicted octanol–water partition coefficient (Wildman–Crippen LogP) is 2.17. The van der Waals surface area contributed by atoms with Gasteiger partial charge in [-0.25, -0.2) is 4.68 Å². The number of nitrogens with zero attached hydrogens (tertiary/aromatic N) is 3. The van der Waals surface area contributed by atoms with Crippen molar-refractivity contribution in [2.75, 3.05) is 6.54 Å². The Hall–Kier alpha value is -2.14. The van der Waals surface area contributed by atoms with Gasteiger partial charge in [-0.05, 0) is 32.0 Å². The summed E-state index contributed by atoms with van der Waals surface area (Å²) < 4.78 is 1.80. The van der Waals surface area contributed by atoms with Crippen molar-refractivity contribution in [2.24, 2.45) is 0 Å². The molecule has 0 fully saturated rings. The summed E-state index contributed by atoms with van der Waals surface area (Å²) in [4.78, 5) is 12.7. The molecule has 0 unspecified atom stereocenters. The summed E-state index contributed by atoms with van der Waals surface area (Å²) in [6, 6.07) is 11.9. The van der Waals surface area contributed by atoms with E-state index in [9.17, 15) is 4.79 Å². The number of para-hydroxylation sites is 1. The maximum absolute atomic E-state index is 10.9. The maximum Gasteiger partial charge on any atom is 0.317 e. The number of hydrogen-bond donors (Lipinski definition) is 1. The lowest BCUT2D eigenvalue weighted by Crippen LogP contribution is -2.35. The number of aliphatic carboxylic acids is 1. The second-order valence-corrected chi connectivity index (χ2v) is 4.98. The van der Waals surface area contributed by atoms with Crippen LogP contribution in [0.25, 0.3) is 5.69 Å². The zero-order valence-electron chi connectivity index (χ0n) is 11.7. The van der Waals surface area contributed by atoms with E-state index in [0.717, 1.165) is 11.4 Å². The zero-order chi connectivity index (χ0) is 14.5. The predicted molar refractivity (Wildman–Crippen MR) is 76.7 cm³/mol. The fourth-order valence-corrected chi connectivity index (χ4v) is 1.97. The van der Waals surface area contributed by atoms with Crippen LogP contribution in [0, 0.1) is 0 Å². The number of carbonyl (C=O) groups is 1. The van der Waals surface area contributed by atoms with Crippen molar-refractivity contribution < 1.29 is 9.90 Å². The Bertz CT molecular complexity index is 564. The van der Waals surface area contributed by atoms with E-state index in [1.165, 1.54) is 0 Å². The molecule has 0 spiro atoms. The highest BCUT2D eigenvalue weighted by molar-refractivity contribution is 5.69. The molecule has 1 N–H and O–H groups in total. The van der Waals surface area contributed by atoms with Crippen LogP contribution in [0.15, 0.2) is 42.6 Å². The largest absolute Gasteiger partial charge is 0.480 e. The Kier molecular flexibility index (Phi) is 4.53. The van der Waals surface area contributed by atoms with Crippen LogP contribution in [0.2, 0.25) is 0 Å². The van der Waals surface area contributed by atoms with E-state index in [-0.39, 0.29) is 12.6 Å². The molecular formula is C15H19N3O2. The van der Waals surface area contributed by atoms with E-state index in [2.05, 4.69) is 5.10 Å². The molecular weight excluding hydrogens is 254 g/mol. The molecule has 0 aliphatic rings. The van der Waals surface area contributed by atoms with Gasteiger partial charge in [0, 0.05) is 18.8 Å². The van der Waals surface area contributed by atoms with Crippen LogP contribution in [-0.2, 0) is 11.3 Å². The van der Waals surface area contributed by atoms with Crippen LogP contribution in [0.3, 0.4) is 0 Å². The number of carboxylic acid groups (broad SMARTS) is 1. The van der Waals surface area contributed by atoms with E-state index in [4.69, 9.17) is 5.11 Å². The molecule has 5 nitrogen and oxygen atoms in total. The summed E-state index contributed by atoms with van der Waals surface area (Å²) in [6.07, 6.45) is 1.89. The lowest BCUT2D eigenvalue weighted by molar-refractivity contribution is -0.139. The first-order valence-electron chi connectivity index (χ1n) is 6.62. The Morgan fingerprint density at radius 2 is 2.00 bits per heavy atom. The van der Waals surface area contributed by atoms with Crippen LogP contribution >= 0.6 is 0 Å². The third-order valence-corrected chi connectivity index (χ3v) is 3.10. The minimum Gasteiger partial charge on any atom is -0.480 e. The highest BCUT2D eigenvalue weighted by Gasteiger charge is 2.15. The normalized spacial score (nSPS) is 11.2. The molecule has 2 rings (SSSR count). The standard InChI is InChI=1S/C15H19N3O2/c1-12(2)17(11-15(19)20)10-13-8-9-18(16-13)14-6-4-3-5-7-14/h3-9,12H,10-11H2,1-2H3,(H,19,20). The highest BCUT2D eigenvalue weighted by Crippen LogP contribution is 2.10. The first-order chi connectivity index (χ1) is 9.56. The molecule has 0 saturated heterocycles. The first kappa shape index (κ1) is 14.3. The van der Waals surface area contributed by atoms with E-state index < -0.39 is 5.97 Å². The fourth-order valence-electron chi connectivity index (χ4n) is 1.97. The second-order valence-electron chi connectivity index (χ2n) is 4.98. The van der Waals surface area contributed by atoms with Crippen LogP contribution in [-0.4, -0.2) is 38.3 Å². The SMILES string of the molecule is CC(C)N(CC(=O)O)Cc1ccn(-c2ccccc2)n1. The second kappa shape index (κ2) is 6.34. The van der Waals surface area contributed by atoms with E-state index >= 15 is 0 Å². The number of benzene rings is 1. The van der Waals surface area contributed by atoms with Gasteiger partial charge in [-0.3, -0.25) is 9.69 Å². The fraction of sp³-hybridized carbons (Fsp3) is 0.333. The van der Waals surface area contributed by atoms with Crippen LogP contribution in [0.4, 0.5) is 0 Å². The van der Waals surface area contributed by atoms with Gasteiger partial charge in [0.05, 0.1) is 17.9 Å². The van der Waals surface area contributed by atoms with Crippen molar-refractivity contribution in [3.8, 4) is 5.69 Å². The summed E-state index contributed by atoms with van der Waals surface area (Å²) in [6.45, 7) is 4.52. The number of rotatable bonds is 6. The number of hydrogen-bond acceptors (Lipinski definition) is 3. The highest BCUT2D eigenvalue weighted by atomic mass is 16.4. The first-order valence-corrected chi connectivity index (χ1v) is 6.62. The zero-order valence-corrected chi connectivity index (χ0v) is 11.7. The molecule has 1 aromatic heterocycles.